The molecule has 4 heteroatoms. The van der Waals surface area contributed by atoms with Crippen molar-refractivity contribution in [2.24, 2.45) is 0 Å². The van der Waals surface area contributed by atoms with Crippen molar-refractivity contribution < 1.29 is 0 Å². The number of hydrogen-bond donors (Lipinski definition) is 1. The van der Waals surface area contributed by atoms with Gasteiger partial charge in [0.1, 0.15) is 5.82 Å². The van der Waals surface area contributed by atoms with E-state index in [0.717, 1.165) is 33.6 Å². The minimum absolute atomic E-state index is 0.551. The van der Waals surface area contributed by atoms with E-state index in [9.17, 15) is 0 Å². The molecule has 3 aromatic rings. The van der Waals surface area contributed by atoms with Gasteiger partial charge in [0.25, 0.3) is 0 Å². The van der Waals surface area contributed by atoms with Crippen LogP contribution in [0.2, 0.25) is 0 Å². The maximum absolute atomic E-state index is 6.06. The summed E-state index contributed by atoms with van der Waals surface area (Å²) < 4.78 is 0. The van der Waals surface area contributed by atoms with Crippen molar-refractivity contribution in [3.8, 4) is 10.7 Å². The molecule has 0 radical (unpaired) electrons. The number of fused-ring (bicyclic) bond motifs is 1. The molecule has 2 heterocycles. The maximum atomic E-state index is 6.06. The first kappa shape index (κ1) is 12.1. The lowest BCUT2D eigenvalue weighted by Crippen LogP contribution is -1.98. The van der Waals surface area contributed by atoms with E-state index in [0.29, 0.717) is 5.82 Å². The van der Waals surface area contributed by atoms with Gasteiger partial charge in [-0.3, -0.25) is 0 Å². The predicted octanol–water partition coefficient (Wildman–Crippen LogP) is 3.81. The summed E-state index contributed by atoms with van der Waals surface area (Å²) in [4.78, 5) is 11.5. The summed E-state index contributed by atoms with van der Waals surface area (Å²) >= 11 is 1.73. The average molecular weight is 269 g/mol. The third-order valence-electron chi connectivity index (χ3n) is 3.19. The first-order valence-electron chi connectivity index (χ1n) is 6.31. The smallest absolute Gasteiger partial charge is 0.172 e. The van der Waals surface area contributed by atoms with Gasteiger partial charge in [-0.2, -0.15) is 0 Å². The summed E-state index contributed by atoms with van der Waals surface area (Å²) in [5.74, 6) is 1.28. The number of nitrogens with two attached hydrogens (primary N) is 1. The minimum Gasteiger partial charge on any atom is -0.383 e. The van der Waals surface area contributed by atoms with Crippen molar-refractivity contribution in [2.75, 3.05) is 5.73 Å². The van der Waals surface area contributed by atoms with Crippen LogP contribution in [0.4, 0.5) is 5.82 Å². The summed E-state index contributed by atoms with van der Waals surface area (Å²) in [5.41, 5.74) is 8.12. The van der Waals surface area contributed by atoms with Crippen LogP contribution in [0.15, 0.2) is 30.3 Å². The SMILES string of the molecule is CCc1ccc(-c2nc(N)c3cccc(C)c3n2)s1. The molecular formula is C15H15N3S. The highest BCUT2D eigenvalue weighted by Crippen LogP contribution is 2.29. The van der Waals surface area contributed by atoms with Gasteiger partial charge in [0.05, 0.1) is 10.4 Å². The standard InChI is InChI=1S/C15H15N3S/c1-3-10-7-8-12(19-10)15-17-13-9(2)5-4-6-11(13)14(16)18-15/h4-8H,3H2,1-2H3,(H2,16,17,18). The van der Waals surface area contributed by atoms with Crippen LogP contribution in [-0.2, 0) is 6.42 Å². The van der Waals surface area contributed by atoms with Crippen LogP contribution in [0, 0.1) is 6.92 Å². The molecule has 2 aromatic heterocycles. The van der Waals surface area contributed by atoms with Gasteiger partial charge in [-0.25, -0.2) is 9.97 Å². The molecule has 96 valence electrons. The zero-order chi connectivity index (χ0) is 13.4. The molecular weight excluding hydrogens is 254 g/mol. The minimum atomic E-state index is 0.551. The molecule has 0 unspecified atom stereocenters. The topological polar surface area (TPSA) is 51.8 Å². The molecule has 0 aliphatic heterocycles. The van der Waals surface area contributed by atoms with E-state index in [4.69, 9.17) is 5.73 Å². The first-order valence-corrected chi connectivity index (χ1v) is 7.12. The summed E-state index contributed by atoms with van der Waals surface area (Å²) in [6.07, 6.45) is 1.03. The van der Waals surface area contributed by atoms with E-state index in [1.54, 1.807) is 11.3 Å². The fourth-order valence-electron chi connectivity index (χ4n) is 2.12. The number of hydrogen-bond acceptors (Lipinski definition) is 4. The number of benzene rings is 1. The van der Waals surface area contributed by atoms with Crippen molar-refractivity contribution in [3.05, 3.63) is 40.8 Å². The highest BCUT2D eigenvalue weighted by Gasteiger charge is 2.10. The molecule has 2 N–H and O–H groups in total. The van der Waals surface area contributed by atoms with Crippen LogP contribution in [0.3, 0.4) is 0 Å². The number of rotatable bonds is 2. The number of thiophene rings is 1. The number of anilines is 1. The Kier molecular flexibility index (Phi) is 2.95. The second-order valence-electron chi connectivity index (χ2n) is 4.52. The van der Waals surface area contributed by atoms with Gasteiger partial charge in [-0.15, -0.1) is 11.3 Å². The number of aryl methyl sites for hydroxylation is 2. The fraction of sp³-hybridized carbons (Fsp3) is 0.200. The van der Waals surface area contributed by atoms with Crippen LogP contribution < -0.4 is 5.73 Å². The summed E-state index contributed by atoms with van der Waals surface area (Å²) in [7, 11) is 0. The van der Waals surface area contributed by atoms with E-state index in [1.807, 2.05) is 25.1 Å². The fourth-order valence-corrected chi connectivity index (χ4v) is 3.00. The Morgan fingerprint density at radius 2 is 2.00 bits per heavy atom. The normalized spacial score (nSPS) is 11.1. The molecule has 0 fully saturated rings. The first-order chi connectivity index (χ1) is 9.19. The highest BCUT2D eigenvalue weighted by atomic mass is 32.1. The molecule has 3 rings (SSSR count). The second kappa shape index (κ2) is 4.63. The van der Waals surface area contributed by atoms with E-state index < -0.39 is 0 Å². The zero-order valence-electron chi connectivity index (χ0n) is 11.0. The Balaban J connectivity index is 2.22. The monoisotopic (exact) mass is 269 g/mol. The lowest BCUT2D eigenvalue weighted by atomic mass is 10.1. The van der Waals surface area contributed by atoms with Crippen molar-refractivity contribution >= 4 is 28.1 Å². The summed E-state index contributed by atoms with van der Waals surface area (Å²) in [6, 6.07) is 10.2. The highest BCUT2D eigenvalue weighted by molar-refractivity contribution is 7.15. The molecule has 0 saturated heterocycles. The molecule has 0 spiro atoms. The van der Waals surface area contributed by atoms with Crippen molar-refractivity contribution in [2.45, 2.75) is 20.3 Å². The largest absolute Gasteiger partial charge is 0.383 e. The van der Waals surface area contributed by atoms with Gasteiger partial charge in [-0.05, 0) is 37.1 Å². The van der Waals surface area contributed by atoms with Gasteiger partial charge in [0.15, 0.2) is 5.82 Å². The Hall–Kier alpha value is -1.94. The van der Waals surface area contributed by atoms with Crippen LogP contribution in [-0.4, -0.2) is 9.97 Å². The molecule has 0 atom stereocenters. The van der Waals surface area contributed by atoms with Crippen LogP contribution in [0.5, 0.6) is 0 Å². The average Bonchev–Trinajstić information content (AvgIpc) is 2.88. The van der Waals surface area contributed by atoms with Crippen molar-refractivity contribution in [3.63, 3.8) is 0 Å². The van der Waals surface area contributed by atoms with Crippen LogP contribution >= 0.6 is 11.3 Å². The van der Waals surface area contributed by atoms with Gasteiger partial charge < -0.3 is 5.73 Å². The zero-order valence-corrected chi connectivity index (χ0v) is 11.8. The molecule has 19 heavy (non-hydrogen) atoms. The third-order valence-corrected chi connectivity index (χ3v) is 4.41. The van der Waals surface area contributed by atoms with Gasteiger partial charge in [0, 0.05) is 10.3 Å². The van der Waals surface area contributed by atoms with E-state index >= 15 is 0 Å². The summed E-state index contributed by atoms with van der Waals surface area (Å²) in [5, 5.41) is 0.927. The number of para-hydroxylation sites is 1. The second-order valence-corrected chi connectivity index (χ2v) is 5.69. The number of aromatic nitrogens is 2. The third kappa shape index (κ3) is 2.08. The molecule has 0 amide bonds. The van der Waals surface area contributed by atoms with E-state index in [2.05, 4.69) is 29.0 Å². The molecule has 0 aliphatic rings. The molecule has 0 bridgehead atoms. The molecule has 0 saturated carbocycles. The summed E-state index contributed by atoms with van der Waals surface area (Å²) in [6.45, 7) is 4.19. The molecule has 1 aromatic carbocycles. The number of nitrogens with zero attached hydrogens (tertiary/aromatic N) is 2. The Bertz CT molecular complexity index is 746. The lowest BCUT2D eigenvalue weighted by molar-refractivity contribution is 1.19. The Morgan fingerprint density at radius 1 is 1.16 bits per heavy atom. The van der Waals surface area contributed by atoms with Gasteiger partial charge >= 0.3 is 0 Å². The quantitative estimate of drug-likeness (QED) is 0.769. The lowest BCUT2D eigenvalue weighted by Gasteiger charge is -2.06. The van der Waals surface area contributed by atoms with Crippen LogP contribution in [0.25, 0.3) is 21.6 Å². The Labute approximate surface area is 116 Å². The van der Waals surface area contributed by atoms with Crippen molar-refractivity contribution in [1.29, 1.82) is 0 Å². The van der Waals surface area contributed by atoms with E-state index in [1.165, 1.54) is 4.88 Å². The predicted molar refractivity (Wildman–Crippen MR) is 81.4 cm³/mol. The van der Waals surface area contributed by atoms with Crippen molar-refractivity contribution in [1.82, 2.24) is 9.97 Å². The van der Waals surface area contributed by atoms with E-state index in [-0.39, 0.29) is 0 Å². The molecule has 0 aliphatic carbocycles. The maximum Gasteiger partial charge on any atom is 0.172 e. The van der Waals surface area contributed by atoms with Crippen LogP contribution in [0.1, 0.15) is 17.4 Å². The van der Waals surface area contributed by atoms with Gasteiger partial charge in [0.2, 0.25) is 0 Å². The molecule has 3 nitrogen and oxygen atoms in total. The number of nitrogen functional groups attached to an aromatic ring is 1. The van der Waals surface area contributed by atoms with Gasteiger partial charge in [-0.1, -0.05) is 19.1 Å². The Morgan fingerprint density at radius 3 is 2.74 bits per heavy atom.